The van der Waals surface area contributed by atoms with Crippen molar-refractivity contribution in [2.75, 3.05) is 18.5 Å². The predicted molar refractivity (Wildman–Crippen MR) is 190 cm³/mol. The van der Waals surface area contributed by atoms with E-state index in [9.17, 15) is 9.90 Å². The molecule has 0 saturated heterocycles. The highest BCUT2D eigenvalue weighted by molar-refractivity contribution is 7.75. The minimum atomic E-state index is -1.24. The fraction of sp³-hybridized carbons (Fsp3) is 0.658. The van der Waals surface area contributed by atoms with Crippen molar-refractivity contribution in [3.8, 4) is 0 Å². The van der Waals surface area contributed by atoms with Crippen LogP contribution in [0.4, 0.5) is 0 Å². The number of fused-ring (bicyclic) bond motifs is 1. The third-order valence-electron chi connectivity index (χ3n) is 8.89. The van der Waals surface area contributed by atoms with Crippen LogP contribution in [0.3, 0.4) is 0 Å². The number of carboxylic acid groups (broad SMARTS) is 1. The summed E-state index contributed by atoms with van der Waals surface area (Å²) in [4.78, 5) is 10.5. The molecule has 2 aromatic carbocycles. The molecule has 0 aliphatic heterocycles. The minimum absolute atomic E-state index is 0.0567. The van der Waals surface area contributed by atoms with E-state index in [0.717, 1.165) is 0 Å². The van der Waals surface area contributed by atoms with Crippen molar-refractivity contribution in [3.63, 3.8) is 0 Å². The molecule has 0 unspecified atom stereocenters. The van der Waals surface area contributed by atoms with Gasteiger partial charge in [-0.3, -0.25) is 0 Å². The maximum Gasteiger partial charge on any atom is 0.122 e. The zero-order valence-corrected chi connectivity index (χ0v) is 29.2. The Balaban J connectivity index is 0.000000461. The van der Waals surface area contributed by atoms with E-state index in [1.54, 1.807) is 36.2 Å². The van der Waals surface area contributed by atoms with Crippen molar-refractivity contribution in [1.82, 2.24) is 15.4 Å². The highest BCUT2D eigenvalue weighted by atomic mass is 31.2. The molecule has 1 heterocycles. The standard InChI is InChI=1S/C31H58P.C7H5N3O2/c1-4-7-10-13-16-22-27-32(28-23-17-14-11-8-5-2,29-24-18-15-12-9-6-3)30-31-25-20-19-21-26-31;11-7(12)4-2-1-3-5-6(4)9-10-8-5/h19-21,25-26H,4-18,22-24,27-30H2,1-3H3;1-3H,(H,11,12)(H,8,9,10)/q+1;/p-1. The van der Waals surface area contributed by atoms with Crippen molar-refractivity contribution in [1.29, 1.82) is 0 Å². The predicted octanol–water partition coefficient (Wildman–Crippen LogP) is 10.6. The van der Waals surface area contributed by atoms with Gasteiger partial charge in [0.15, 0.2) is 0 Å². The Hall–Kier alpha value is -2.26. The van der Waals surface area contributed by atoms with E-state index < -0.39 is 13.2 Å². The summed E-state index contributed by atoms with van der Waals surface area (Å²) in [5.41, 5.74) is 2.54. The lowest BCUT2D eigenvalue weighted by atomic mass is 10.1. The molecular weight excluding hydrogens is 561 g/mol. The van der Waals surface area contributed by atoms with Gasteiger partial charge in [0.05, 0.1) is 30.6 Å². The molecule has 0 aliphatic rings. The van der Waals surface area contributed by atoms with Crippen LogP contribution in [0.15, 0.2) is 48.5 Å². The number of benzene rings is 2. The number of nitrogens with zero attached hydrogens (tertiary/aromatic N) is 2. The average molecular weight is 624 g/mol. The number of carbonyl (C=O) groups excluding carboxylic acids is 1. The number of unbranched alkanes of at least 4 members (excludes halogenated alkanes) is 15. The van der Waals surface area contributed by atoms with Crippen LogP contribution >= 0.6 is 7.26 Å². The van der Waals surface area contributed by atoms with Crippen LogP contribution in [0.1, 0.15) is 152 Å². The van der Waals surface area contributed by atoms with Gasteiger partial charge in [0.2, 0.25) is 0 Å². The van der Waals surface area contributed by atoms with E-state index in [4.69, 9.17) is 0 Å². The fourth-order valence-electron chi connectivity index (χ4n) is 6.26. The van der Waals surface area contributed by atoms with E-state index in [2.05, 4.69) is 66.5 Å². The maximum absolute atomic E-state index is 10.5. The third-order valence-corrected chi connectivity index (χ3v) is 13.7. The van der Waals surface area contributed by atoms with Crippen molar-refractivity contribution in [2.45, 2.75) is 143 Å². The molecule has 246 valence electrons. The Kier molecular flexibility index (Phi) is 20.7. The summed E-state index contributed by atoms with van der Waals surface area (Å²) in [7, 11) is -0.885. The van der Waals surface area contributed by atoms with E-state index >= 15 is 0 Å². The molecule has 0 fully saturated rings. The zero-order valence-electron chi connectivity index (χ0n) is 28.3. The Morgan fingerprint density at radius 1 is 0.614 bits per heavy atom. The summed E-state index contributed by atoms with van der Waals surface area (Å²) in [5, 5.41) is 20.3. The molecule has 3 rings (SSSR count). The van der Waals surface area contributed by atoms with Crippen molar-refractivity contribution < 1.29 is 9.90 Å². The monoisotopic (exact) mass is 623 g/mol. The van der Waals surface area contributed by atoms with Crippen LogP contribution in [-0.4, -0.2) is 39.9 Å². The quantitative estimate of drug-likeness (QED) is 0.0795. The molecule has 0 saturated carbocycles. The number of hydrogen-bond donors (Lipinski definition) is 1. The minimum Gasteiger partial charge on any atom is -0.545 e. The Morgan fingerprint density at radius 2 is 1.09 bits per heavy atom. The zero-order chi connectivity index (χ0) is 31.7. The highest BCUT2D eigenvalue weighted by Crippen LogP contribution is 2.63. The first-order valence-corrected chi connectivity index (χ1v) is 20.5. The second-order valence-electron chi connectivity index (χ2n) is 12.7. The van der Waals surface area contributed by atoms with Crippen molar-refractivity contribution in [3.05, 3.63) is 59.7 Å². The maximum atomic E-state index is 10.5. The number of rotatable bonds is 24. The largest absolute Gasteiger partial charge is 0.545 e. The van der Waals surface area contributed by atoms with Gasteiger partial charge in [-0.05, 0) is 50.2 Å². The Labute approximate surface area is 269 Å². The second kappa shape index (κ2) is 24.0. The lowest BCUT2D eigenvalue weighted by molar-refractivity contribution is -0.254. The molecular formula is C38H62N3O2P. The van der Waals surface area contributed by atoms with Crippen molar-refractivity contribution >= 4 is 24.3 Å². The number of nitrogens with one attached hydrogen (secondary N) is 1. The van der Waals surface area contributed by atoms with Crippen molar-refractivity contribution in [2.24, 2.45) is 0 Å². The van der Waals surface area contributed by atoms with Gasteiger partial charge >= 0.3 is 0 Å². The Morgan fingerprint density at radius 3 is 1.57 bits per heavy atom. The first-order chi connectivity index (χ1) is 21.5. The third kappa shape index (κ3) is 15.6. The number of H-pyrrole nitrogens is 1. The van der Waals surface area contributed by atoms with E-state index in [-0.39, 0.29) is 5.56 Å². The highest BCUT2D eigenvalue weighted by Gasteiger charge is 2.35. The van der Waals surface area contributed by atoms with Gasteiger partial charge in [-0.15, -0.1) is 0 Å². The van der Waals surface area contributed by atoms with Gasteiger partial charge in [0.1, 0.15) is 11.0 Å². The first-order valence-electron chi connectivity index (χ1n) is 17.9. The second-order valence-corrected chi connectivity index (χ2v) is 17.1. The van der Waals surface area contributed by atoms with E-state index in [0.29, 0.717) is 11.0 Å². The van der Waals surface area contributed by atoms with Gasteiger partial charge < -0.3 is 9.90 Å². The summed E-state index contributed by atoms with van der Waals surface area (Å²) in [5.74, 6) is -1.24. The molecule has 0 bridgehead atoms. The average Bonchev–Trinajstić information content (AvgIpc) is 3.52. The Bertz CT molecular complexity index is 1080. The molecule has 0 atom stereocenters. The van der Waals surface area contributed by atoms with Gasteiger partial charge in [-0.25, -0.2) is 0 Å². The lowest BCUT2D eigenvalue weighted by Crippen LogP contribution is -2.22. The molecule has 0 radical (unpaired) electrons. The molecule has 44 heavy (non-hydrogen) atoms. The van der Waals surface area contributed by atoms with Gasteiger partial charge in [-0.1, -0.05) is 140 Å². The SMILES string of the molecule is CCCCCCCC[P+](CCCCCCCC)(CCCCCCCC)Cc1ccccc1.O=C([O-])c1cccc2n[nH]nc12. The molecule has 6 heteroatoms. The molecule has 1 N–H and O–H groups in total. The molecule has 0 spiro atoms. The smallest absolute Gasteiger partial charge is 0.122 e. The molecule has 0 amide bonds. The van der Waals surface area contributed by atoms with Crippen LogP contribution in [0.5, 0.6) is 0 Å². The number of carbonyl (C=O) groups is 1. The normalized spacial score (nSPS) is 11.4. The van der Waals surface area contributed by atoms with Crippen LogP contribution < -0.4 is 5.11 Å². The summed E-state index contributed by atoms with van der Waals surface area (Å²) in [6.45, 7) is 6.99. The van der Waals surface area contributed by atoms with E-state index in [1.165, 1.54) is 128 Å². The molecule has 5 nitrogen and oxygen atoms in total. The van der Waals surface area contributed by atoms with Crippen LogP contribution in [-0.2, 0) is 6.16 Å². The van der Waals surface area contributed by atoms with Gasteiger partial charge in [0, 0.05) is 12.8 Å². The van der Waals surface area contributed by atoms with Gasteiger partial charge in [0.25, 0.3) is 0 Å². The molecule has 1 aromatic heterocycles. The van der Waals surface area contributed by atoms with Crippen LogP contribution in [0, 0.1) is 0 Å². The topological polar surface area (TPSA) is 81.7 Å². The number of aromatic carboxylic acids is 1. The van der Waals surface area contributed by atoms with Crippen LogP contribution in [0.25, 0.3) is 11.0 Å². The number of carboxylic acids is 1. The van der Waals surface area contributed by atoms with Gasteiger partial charge in [-0.2, -0.15) is 15.4 Å². The number of aromatic nitrogens is 3. The van der Waals surface area contributed by atoms with E-state index in [1.807, 2.05) is 0 Å². The summed E-state index contributed by atoms with van der Waals surface area (Å²) >= 11 is 0. The first kappa shape index (κ1) is 37.9. The summed E-state index contributed by atoms with van der Waals surface area (Å²) in [6.07, 6.45) is 32.2. The fourth-order valence-corrected chi connectivity index (χ4v) is 11.1. The molecule has 3 aromatic rings. The summed E-state index contributed by atoms with van der Waals surface area (Å²) < 4.78 is 0. The number of hydrogen-bond acceptors (Lipinski definition) is 4. The number of para-hydroxylation sites is 1. The molecule has 0 aliphatic carbocycles. The van der Waals surface area contributed by atoms with Crippen LogP contribution in [0.2, 0.25) is 0 Å². The number of aromatic amines is 1. The lowest BCUT2D eigenvalue weighted by Gasteiger charge is -2.28. The summed E-state index contributed by atoms with van der Waals surface area (Å²) in [6, 6.07) is 16.3.